The molecule has 10 rings (SSSR count). The number of anilines is 3. The molecular formula is C52H35NO. The van der Waals surface area contributed by atoms with Gasteiger partial charge in [0.1, 0.15) is 11.2 Å². The molecule has 0 aliphatic heterocycles. The summed E-state index contributed by atoms with van der Waals surface area (Å²) in [7, 11) is 0. The summed E-state index contributed by atoms with van der Waals surface area (Å²) in [5, 5.41) is 4.59. The average molecular weight is 690 g/mol. The Bertz CT molecular complexity index is 2810. The van der Waals surface area contributed by atoms with Crippen molar-refractivity contribution in [2.45, 2.75) is 0 Å². The van der Waals surface area contributed by atoms with Crippen LogP contribution in [0.5, 0.6) is 0 Å². The van der Waals surface area contributed by atoms with Gasteiger partial charge in [0.05, 0.1) is 0 Å². The van der Waals surface area contributed by atoms with Crippen LogP contribution in [0.1, 0.15) is 0 Å². The van der Waals surface area contributed by atoms with Gasteiger partial charge in [-0.3, -0.25) is 0 Å². The van der Waals surface area contributed by atoms with Crippen LogP contribution in [0.4, 0.5) is 17.1 Å². The van der Waals surface area contributed by atoms with Gasteiger partial charge in [-0.05, 0) is 98.4 Å². The SMILES string of the molecule is c1ccc(-c2ccc(N(c3ccc(-c4ccccc4)cc3)c3ccc(-c4ccccc4-c4cccc5oc6c7ccccc7ccc6c45)cc3)cc2)cc1. The molecule has 0 amide bonds. The third kappa shape index (κ3) is 5.62. The minimum Gasteiger partial charge on any atom is -0.455 e. The van der Waals surface area contributed by atoms with Gasteiger partial charge in [-0.1, -0.05) is 164 Å². The molecule has 0 unspecified atom stereocenters. The largest absolute Gasteiger partial charge is 0.455 e. The van der Waals surface area contributed by atoms with Crippen molar-refractivity contribution >= 4 is 49.8 Å². The lowest BCUT2D eigenvalue weighted by atomic mass is 9.91. The highest BCUT2D eigenvalue weighted by molar-refractivity contribution is 6.19. The van der Waals surface area contributed by atoms with Crippen LogP contribution in [-0.2, 0) is 0 Å². The number of furan rings is 1. The van der Waals surface area contributed by atoms with Crippen molar-refractivity contribution in [3.63, 3.8) is 0 Å². The maximum Gasteiger partial charge on any atom is 0.143 e. The Labute approximate surface area is 314 Å². The summed E-state index contributed by atoms with van der Waals surface area (Å²) >= 11 is 0. The number of benzene rings is 9. The summed E-state index contributed by atoms with van der Waals surface area (Å²) < 4.78 is 6.56. The molecular weight excluding hydrogens is 655 g/mol. The molecule has 0 fully saturated rings. The maximum atomic E-state index is 6.56. The molecule has 1 aromatic heterocycles. The molecule has 2 nitrogen and oxygen atoms in total. The quantitative estimate of drug-likeness (QED) is 0.166. The third-order valence-electron chi connectivity index (χ3n) is 10.5. The molecule has 0 saturated heterocycles. The van der Waals surface area contributed by atoms with Crippen LogP contribution in [-0.4, -0.2) is 0 Å². The van der Waals surface area contributed by atoms with Crippen molar-refractivity contribution in [3.05, 3.63) is 212 Å². The molecule has 0 atom stereocenters. The molecule has 0 bridgehead atoms. The first-order valence-corrected chi connectivity index (χ1v) is 18.4. The van der Waals surface area contributed by atoms with E-state index in [9.17, 15) is 0 Å². The van der Waals surface area contributed by atoms with Crippen molar-refractivity contribution in [1.29, 1.82) is 0 Å². The van der Waals surface area contributed by atoms with Crippen LogP contribution in [0.15, 0.2) is 217 Å². The molecule has 1 heterocycles. The van der Waals surface area contributed by atoms with Crippen LogP contribution in [0.3, 0.4) is 0 Å². The summed E-state index contributed by atoms with van der Waals surface area (Å²) in [5.74, 6) is 0. The molecule has 0 radical (unpaired) electrons. The van der Waals surface area contributed by atoms with Crippen LogP contribution in [0, 0.1) is 0 Å². The van der Waals surface area contributed by atoms with Gasteiger partial charge in [0.25, 0.3) is 0 Å². The Balaban J connectivity index is 1.06. The summed E-state index contributed by atoms with van der Waals surface area (Å²) in [5.41, 5.74) is 14.6. The molecule has 9 aromatic carbocycles. The van der Waals surface area contributed by atoms with E-state index in [1.807, 2.05) is 0 Å². The van der Waals surface area contributed by atoms with Gasteiger partial charge in [-0.25, -0.2) is 0 Å². The Morgan fingerprint density at radius 3 is 1.39 bits per heavy atom. The molecule has 10 aromatic rings. The van der Waals surface area contributed by atoms with Crippen LogP contribution in [0.2, 0.25) is 0 Å². The zero-order valence-corrected chi connectivity index (χ0v) is 29.6. The van der Waals surface area contributed by atoms with E-state index in [0.717, 1.165) is 50.0 Å². The van der Waals surface area contributed by atoms with Crippen LogP contribution in [0.25, 0.3) is 77.2 Å². The van der Waals surface area contributed by atoms with Gasteiger partial charge in [-0.15, -0.1) is 0 Å². The smallest absolute Gasteiger partial charge is 0.143 e. The van der Waals surface area contributed by atoms with Gasteiger partial charge in [-0.2, -0.15) is 0 Å². The topological polar surface area (TPSA) is 16.4 Å². The summed E-state index contributed by atoms with van der Waals surface area (Å²) in [6.45, 7) is 0. The fourth-order valence-electron chi connectivity index (χ4n) is 7.85. The fourth-order valence-corrected chi connectivity index (χ4v) is 7.85. The molecule has 0 aliphatic carbocycles. The molecule has 0 N–H and O–H groups in total. The van der Waals surface area contributed by atoms with Gasteiger partial charge in [0, 0.05) is 33.2 Å². The van der Waals surface area contributed by atoms with E-state index in [2.05, 4.69) is 217 Å². The Morgan fingerprint density at radius 1 is 0.296 bits per heavy atom. The average Bonchev–Trinajstić information content (AvgIpc) is 3.65. The van der Waals surface area contributed by atoms with Gasteiger partial charge < -0.3 is 9.32 Å². The zero-order chi connectivity index (χ0) is 35.8. The lowest BCUT2D eigenvalue weighted by Gasteiger charge is -2.26. The van der Waals surface area contributed by atoms with E-state index < -0.39 is 0 Å². The second kappa shape index (κ2) is 13.4. The van der Waals surface area contributed by atoms with Crippen LogP contribution < -0.4 is 4.90 Å². The second-order valence-electron chi connectivity index (χ2n) is 13.7. The minimum atomic E-state index is 0.899. The highest BCUT2D eigenvalue weighted by atomic mass is 16.3. The maximum absolute atomic E-state index is 6.56. The highest BCUT2D eigenvalue weighted by Gasteiger charge is 2.18. The van der Waals surface area contributed by atoms with Gasteiger partial charge >= 0.3 is 0 Å². The number of hydrogen-bond acceptors (Lipinski definition) is 2. The van der Waals surface area contributed by atoms with Crippen molar-refractivity contribution in [2.24, 2.45) is 0 Å². The lowest BCUT2D eigenvalue weighted by Crippen LogP contribution is -2.09. The van der Waals surface area contributed by atoms with E-state index in [1.165, 1.54) is 44.3 Å². The number of rotatable bonds is 7. The first-order valence-electron chi connectivity index (χ1n) is 18.4. The van der Waals surface area contributed by atoms with E-state index in [4.69, 9.17) is 4.42 Å². The second-order valence-corrected chi connectivity index (χ2v) is 13.7. The molecule has 254 valence electrons. The summed E-state index contributed by atoms with van der Waals surface area (Å²) in [6, 6.07) is 75.7. The molecule has 54 heavy (non-hydrogen) atoms. The number of hydrogen-bond donors (Lipinski definition) is 0. The molecule has 2 heteroatoms. The lowest BCUT2D eigenvalue weighted by molar-refractivity contribution is 0.673. The van der Waals surface area contributed by atoms with E-state index in [1.54, 1.807) is 0 Å². The predicted octanol–water partition coefficient (Wildman–Crippen LogP) is 14.9. The number of nitrogens with zero attached hydrogens (tertiary/aromatic N) is 1. The third-order valence-corrected chi connectivity index (χ3v) is 10.5. The molecule has 0 saturated carbocycles. The van der Waals surface area contributed by atoms with E-state index in [-0.39, 0.29) is 0 Å². The van der Waals surface area contributed by atoms with E-state index in [0.29, 0.717) is 0 Å². The van der Waals surface area contributed by atoms with Crippen molar-refractivity contribution in [2.75, 3.05) is 4.90 Å². The van der Waals surface area contributed by atoms with Crippen molar-refractivity contribution < 1.29 is 4.42 Å². The Morgan fingerprint density at radius 2 is 0.778 bits per heavy atom. The van der Waals surface area contributed by atoms with Crippen LogP contribution >= 0.6 is 0 Å². The zero-order valence-electron chi connectivity index (χ0n) is 29.6. The Kier molecular flexibility index (Phi) is 7.85. The van der Waals surface area contributed by atoms with Gasteiger partial charge in [0.2, 0.25) is 0 Å². The van der Waals surface area contributed by atoms with Gasteiger partial charge in [0.15, 0.2) is 0 Å². The fraction of sp³-hybridized carbons (Fsp3) is 0. The highest BCUT2D eigenvalue weighted by Crippen LogP contribution is 2.43. The minimum absolute atomic E-state index is 0.899. The predicted molar refractivity (Wildman–Crippen MR) is 228 cm³/mol. The van der Waals surface area contributed by atoms with Crippen molar-refractivity contribution in [3.8, 4) is 44.5 Å². The first-order chi connectivity index (χ1) is 26.8. The summed E-state index contributed by atoms with van der Waals surface area (Å²) in [4.78, 5) is 2.34. The standard InChI is InChI=1S/C52H35NO/c1-3-12-36(13-4-1)38-22-29-42(30-23-38)53(43-31-24-39(25-32-43)37-14-5-2-6-15-37)44-33-26-41(27-34-44)45-17-9-10-19-47(45)48-20-11-21-50-51(48)49-35-28-40-16-7-8-18-46(40)52(49)54-50/h1-35H. The number of fused-ring (bicyclic) bond motifs is 5. The first kappa shape index (κ1) is 31.6. The molecule has 0 aliphatic rings. The normalized spacial score (nSPS) is 11.3. The Hall–Kier alpha value is -7.16. The van der Waals surface area contributed by atoms with Crippen molar-refractivity contribution in [1.82, 2.24) is 0 Å². The monoisotopic (exact) mass is 689 g/mol. The summed E-state index contributed by atoms with van der Waals surface area (Å²) in [6.07, 6.45) is 0. The molecule has 0 spiro atoms. The van der Waals surface area contributed by atoms with E-state index >= 15 is 0 Å².